The summed E-state index contributed by atoms with van der Waals surface area (Å²) in [4.78, 5) is 2.28. The molecule has 0 radical (unpaired) electrons. The van der Waals surface area contributed by atoms with Crippen molar-refractivity contribution in [1.29, 1.82) is 0 Å². The van der Waals surface area contributed by atoms with Crippen molar-refractivity contribution in [2.45, 2.75) is 57.7 Å². The van der Waals surface area contributed by atoms with E-state index < -0.39 is 12.1 Å². The van der Waals surface area contributed by atoms with Crippen LogP contribution in [0.2, 0.25) is 0 Å². The molecule has 0 aromatic carbocycles. The normalized spacial score (nSPS) is 29.8. The van der Waals surface area contributed by atoms with Crippen LogP contribution in [-0.4, -0.2) is 36.2 Å². The van der Waals surface area contributed by atoms with Crippen molar-refractivity contribution in [2.24, 2.45) is 11.7 Å². The molecule has 0 aliphatic heterocycles. The zero-order valence-corrected chi connectivity index (χ0v) is 11.4. The Morgan fingerprint density at radius 1 is 1.22 bits per heavy atom. The zero-order valence-electron chi connectivity index (χ0n) is 11.4. The lowest BCUT2D eigenvalue weighted by atomic mass is 9.75. The topological polar surface area (TPSA) is 29.3 Å². The molecule has 0 spiro atoms. The fraction of sp³-hybridized carbons (Fsp3) is 1.00. The summed E-state index contributed by atoms with van der Waals surface area (Å²) >= 11 is 0. The SMILES string of the molecule is CCCN(CC)C1(CN)CCC(C(F)(F)F)CC1. The van der Waals surface area contributed by atoms with Gasteiger partial charge in [-0.05, 0) is 45.2 Å². The van der Waals surface area contributed by atoms with Crippen molar-refractivity contribution < 1.29 is 13.2 Å². The van der Waals surface area contributed by atoms with Gasteiger partial charge in [-0.15, -0.1) is 0 Å². The first kappa shape index (κ1) is 15.8. The Labute approximate surface area is 108 Å². The highest BCUT2D eigenvalue weighted by Crippen LogP contribution is 2.43. The van der Waals surface area contributed by atoms with Crippen molar-refractivity contribution in [3.05, 3.63) is 0 Å². The van der Waals surface area contributed by atoms with Gasteiger partial charge in [0.05, 0.1) is 5.92 Å². The van der Waals surface area contributed by atoms with Crippen LogP contribution in [0.1, 0.15) is 46.0 Å². The van der Waals surface area contributed by atoms with Gasteiger partial charge in [-0.3, -0.25) is 4.90 Å². The monoisotopic (exact) mass is 266 g/mol. The number of hydrogen-bond donors (Lipinski definition) is 1. The Balaban J connectivity index is 2.70. The molecule has 0 bridgehead atoms. The molecule has 1 rings (SSSR count). The third kappa shape index (κ3) is 3.38. The summed E-state index contributed by atoms with van der Waals surface area (Å²) in [5.74, 6) is -1.13. The average Bonchev–Trinajstić information content (AvgIpc) is 2.35. The van der Waals surface area contributed by atoms with Gasteiger partial charge >= 0.3 is 6.18 Å². The van der Waals surface area contributed by atoms with Gasteiger partial charge in [0.1, 0.15) is 0 Å². The molecule has 0 unspecified atom stereocenters. The van der Waals surface area contributed by atoms with Gasteiger partial charge in [-0.1, -0.05) is 13.8 Å². The van der Waals surface area contributed by atoms with Crippen molar-refractivity contribution in [2.75, 3.05) is 19.6 Å². The number of hydrogen-bond acceptors (Lipinski definition) is 2. The molecule has 0 saturated heterocycles. The summed E-state index contributed by atoms with van der Waals surface area (Å²) in [7, 11) is 0. The van der Waals surface area contributed by atoms with Gasteiger partial charge in [-0.2, -0.15) is 13.2 Å². The van der Waals surface area contributed by atoms with Crippen LogP contribution in [0.3, 0.4) is 0 Å². The van der Waals surface area contributed by atoms with Crippen LogP contribution in [0, 0.1) is 5.92 Å². The summed E-state index contributed by atoms with van der Waals surface area (Å²) in [6.45, 7) is 6.40. The Morgan fingerprint density at radius 2 is 1.78 bits per heavy atom. The summed E-state index contributed by atoms with van der Waals surface area (Å²) in [6.07, 6.45) is -1.44. The molecule has 0 amide bonds. The predicted octanol–water partition coefficient (Wildman–Crippen LogP) is 3.17. The highest BCUT2D eigenvalue weighted by molar-refractivity contribution is 4.96. The third-order valence-corrected chi connectivity index (χ3v) is 4.31. The van der Waals surface area contributed by atoms with E-state index in [0.29, 0.717) is 19.4 Å². The Hall–Kier alpha value is -0.290. The minimum absolute atomic E-state index is 0.202. The maximum absolute atomic E-state index is 12.7. The van der Waals surface area contributed by atoms with Gasteiger partial charge in [0, 0.05) is 12.1 Å². The van der Waals surface area contributed by atoms with Crippen LogP contribution < -0.4 is 5.73 Å². The van der Waals surface area contributed by atoms with E-state index >= 15 is 0 Å². The lowest BCUT2D eigenvalue weighted by molar-refractivity contribution is -0.188. The van der Waals surface area contributed by atoms with Crippen LogP contribution in [0.5, 0.6) is 0 Å². The van der Waals surface area contributed by atoms with E-state index in [1.807, 2.05) is 0 Å². The molecule has 1 aliphatic carbocycles. The van der Waals surface area contributed by atoms with Crippen molar-refractivity contribution >= 4 is 0 Å². The van der Waals surface area contributed by atoms with Gasteiger partial charge < -0.3 is 5.73 Å². The van der Waals surface area contributed by atoms with Gasteiger partial charge in [0.2, 0.25) is 0 Å². The summed E-state index contributed by atoms with van der Waals surface area (Å²) in [5, 5.41) is 0. The molecule has 18 heavy (non-hydrogen) atoms. The van der Waals surface area contributed by atoms with E-state index in [1.54, 1.807) is 0 Å². The lowest BCUT2D eigenvalue weighted by Gasteiger charge is -2.47. The molecule has 2 N–H and O–H groups in total. The van der Waals surface area contributed by atoms with E-state index in [2.05, 4.69) is 18.7 Å². The standard InChI is InChI=1S/C13H25F3N2/c1-3-9-18(4-2)12(10-17)7-5-11(6-8-12)13(14,15)16/h11H,3-10,17H2,1-2H3. The fourth-order valence-electron chi connectivity index (χ4n) is 3.13. The van der Waals surface area contributed by atoms with Crippen molar-refractivity contribution in [3.8, 4) is 0 Å². The summed E-state index contributed by atoms with van der Waals surface area (Å²) < 4.78 is 38.0. The number of alkyl halides is 3. The van der Waals surface area contributed by atoms with Crippen LogP contribution in [0.4, 0.5) is 13.2 Å². The second kappa shape index (κ2) is 6.24. The molecule has 2 nitrogen and oxygen atoms in total. The van der Waals surface area contributed by atoms with Crippen molar-refractivity contribution in [1.82, 2.24) is 4.90 Å². The maximum atomic E-state index is 12.7. The molecule has 0 aromatic rings. The maximum Gasteiger partial charge on any atom is 0.391 e. The predicted molar refractivity (Wildman–Crippen MR) is 67.3 cm³/mol. The second-order valence-corrected chi connectivity index (χ2v) is 5.32. The fourth-order valence-corrected chi connectivity index (χ4v) is 3.13. The molecular weight excluding hydrogens is 241 g/mol. The van der Waals surface area contributed by atoms with Crippen LogP contribution in [0.25, 0.3) is 0 Å². The van der Waals surface area contributed by atoms with Gasteiger partial charge in [0.25, 0.3) is 0 Å². The number of rotatable bonds is 5. The molecule has 1 fully saturated rings. The van der Waals surface area contributed by atoms with Crippen LogP contribution in [-0.2, 0) is 0 Å². The smallest absolute Gasteiger partial charge is 0.329 e. The van der Waals surface area contributed by atoms with E-state index in [-0.39, 0.29) is 18.4 Å². The number of likely N-dealkylation sites (N-methyl/N-ethyl adjacent to an activating group) is 1. The molecular formula is C13H25F3N2. The minimum Gasteiger partial charge on any atom is -0.329 e. The number of nitrogens with zero attached hydrogens (tertiary/aromatic N) is 1. The summed E-state index contributed by atoms with van der Waals surface area (Å²) in [6, 6.07) is 0. The highest BCUT2D eigenvalue weighted by Gasteiger charge is 2.46. The van der Waals surface area contributed by atoms with E-state index in [0.717, 1.165) is 19.5 Å². The lowest BCUT2D eigenvalue weighted by Crippen LogP contribution is -2.56. The number of halogens is 3. The van der Waals surface area contributed by atoms with E-state index in [9.17, 15) is 13.2 Å². The van der Waals surface area contributed by atoms with Gasteiger partial charge in [-0.25, -0.2) is 0 Å². The quantitative estimate of drug-likeness (QED) is 0.828. The average molecular weight is 266 g/mol. The molecule has 0 atom stereocenters. The van der Waals surface area contributed by atoms with E-state index in [1.165, 1.54) is 0 Å². The Morgan fingerprint density at radius 3 is 2.11 bits per heavy atom. The largest absolute Gasteiger partial charge is 0.391 e. The Bertz CT molecular complexity index is 245. The first-order valence-electron chi connectivity index (χ1n) is 6.91. The zero-order chi connectivity index (χ0) is 13.8. The molecule has 1 aliphatic rings. The summed E-state index contributed by atoms with van der Waals surface area (Å²) in [5.41, 5.74) is 5.67. The molecule has 0 aromatic heterocycles. The molecule has 5 heteroatoms. The van der Waals surface area contributed by atoms with Gasteiger partial charge in [0.15, 0.2) is 0 Å². The highest BCUT2D eigenvalue weighted by atomic mass is 19.4. The van der Waals surface area contributed by atoms with Crippen LogP contribution >= 0.6 is 0 Å². The minimum atomic E-state index is -4.04. The van der Waals surface area contributed by atoms with E-state index in [4.69, 9.17) is 5.73 Å². The first-order chi connectivity index (χ1) is 8.39. The Kier molecular flexibility index (Phi) is 5.46. The second-order valence-electron chi connectivity index (χ2n) is 5.32. The number of nitrogens with two attached hydrogens (primary N) is 1. The third-order valence-electron chi connectivity index (χ3n) is 4.31. The molecule has 108 valence electrons. The molecule has 1 saturated carbocycles. The molecule has 0 heterocycles. The first-order valence-corrected chi connectivity index (χ1v) is 6.91. The van der Waals surface area contributed by atoms with Crippen molar-refractivity contribution in [3.63, 3.8) is 0 Å². The van der Waals surface area contributed by atoms with Crippen LogP contribution in [0.15, 0.2) is 0 Å².